The van der Waals surface area contributed by atoms with Gasteiger partial charge in [0.1, 0.15) is 0 Å². The lowest BCUT2D eigenvalue weighted by atomic mass is 9.93. The molecule has 1 saturated heterocycles. The van der Waals surface area contributed by atoms with Crippen LogP contribution in [0.2, 0.25) is 0 Å². The molecule has 3 nitrogen and oxygen atoms in total. The van der Waals surface area contributed by atoms with Crippen LogP contribution in [0.4, 0.5) is 0 Å². The van der Waals surface area contributed by atoms with E-state index in [0.29, 0.717) is 18.1 Å². The summed E-state index contributed by atoms with van der Waals surface area (Å²) in [5.74, 6) is 0.711. The Kier molecular flexibility index (Phi) is 5.26. The second-order valence-electron chi connectivity index (χ2n) is 5.73. The van der Waals surface area contributed by atoms with Gasteiger partial charge in [0.05, 0.1) is 6.10 Å². The molecule has 0 aromatic carbocycles. The third-order valence-electron chi connectivity index (χ3n) is 4.37. The molecule has 17 heavy (non-hydrogen) atoms. The van der Waals surface area contributed by atoms with E-state index in [1.54, 1.807) is 0 Å². The Bertz CT molecular complexity index is 222. The Morgan fingerprint density at radius 1 is 1.18 bits per heavy atom. The molecule has 3 heteroatoms. The van der Waals surface area contributed by atoms with Gasteiger partial charge in [-0.25, -0.2) is 0 Å². The maximum atomic E-state index is 5.99. The first-order valence-corrected chi connectivity index (χ1v) is 7.37. The van der Waals surface area contributed by atoms with Crippen molar-refractivity contribution in [3.8, 4) is 0 Å². The van der Waals surface area contributed by atoms with E-state index in [2.05, 4.69) is 11.8 Å². The first-order chi connectivity index (χ1) is 8.31. The summed E-state index contributed by atoms with van der Waals surface area (Å²) in [4.78, 5) is 2.67. The summed E-state index contributed by atoms with van der Waals surface area (Å²) >= 11 is 0. The first-order valence-electron chi connectivity index (χ1n) is 7.37. The van der Waals surface area contributed by atoms with Crippen molar-refractivity contribution in [2.45, 2.75) is 57.6 Å². The van der Waals surface area contributed by atoms with Crippen molar-refractivity contribution in [1.29, 1.82) is 0 Å². The fraction of sp³-hybridized carbons (Fsp3) is 1.00. The summed E-state index contributed by atoms with van der Waals surface area (Å²) in [6, 6.07) is 0.714. The average molecular weight is 240 g/mol. The number of hydrogen-bond acceptors (Lipinski definition) is 3. The highest BCUT2D eigenvalue weighted by molar-refractivity contribution is 4.84. The Morgan fingerprint density at radius 3 is 2.82 bits per heavy atom. The summed E-state index contributed by atoms with van der Waals surface area (Å²) in [5, 5.41) is 0. The fourth-order valence-electron chi connectivity index (χ4n) is 3.45. The van der Waals surface area contributed by atoms with Crippen LogP contribution in [0.5, 0.6) is 0 Å². The Hall–Kier alpha value is -0.120. The van der Waals surface area contributed by atoms with Gasteiger partial charge in [-0.1, -0.05) is 19.3 Å². The van der Waals surface area contributed by atoms with Crippen molar-refractivity contribution in [2.24, 2.45) is 11.7 Å². The van der Waals surface area contributed by atoms with E-state index in [0.717, 1.165) is 19.7 Å². The lowest BCUT2D eigenvalue weighted by Crippen LogP contribution is -2.45. The maximum Gasteiger partial charge on any atom is 0.0674 e. The van der Waals surface area contributed by atoms with E-state index in [1.807, 2.05) is 0 Å². The number of rotatable bonds is 2. The molecular weight excluding hydrogens is 212 g/mol. The Morgan fingerprint density at radius 2 is 2.00 bits per heavy atom. The predicted octanol–water partition coefficient (Wildman–Crippen LogP) is 2.00. The van der Waals surface area contributed by atoms with Gasteiger partial charge in [-0.15, -0.1) is 0 Å². The molecule has 0 amide bonds. The molecule has 0 aromatic rings. The number of hydrogen-bond donors (Lipinski definition) is 1. The smallest absolute Gasteiger partial charge is 0.0674 e. The van der Waals surface area contributed by atoms with E-state index in [4.69, 9.17) is 10.5 Å². The van der Waals surface area contributed by atoms with Crippen LogP contribution >= 0.6 is 0 Å². The summed E-state index contributed by atoms with van der Waals surface area (Å²) < 4.78 is 5.75. The Balaban J connectivity index is 2.00. The average Bonchev–Trinajstić information content (AvgIpc) is 2.68. The fourth-order valence-corrected chi connectivity index (χ4v) is 3.45. The molecule has 1 heterocycles. The highest BCUT2D eigenvalue weighted by atomic mass is 16.5. The van der Waals surface area contributed by atoms with Crippen LogP contribution in [-0.2, 0) is 4.74 Å². The van der Waals surface area contributed by atoms with Crippen molar-refractivity contribution in [2.75, 3.05) is 26.2 Å². The van der Waals surface area contributed by atoms with Gasteiger partial charge >= 0.3 is 0 Å². The quantitative estimate of drug-likeness (QED) is 0.750. The van der Waals surface area contributed by atoms with E-state index >= 15 is 0 Å². The minimum Gasteiger partial charge on any atom is -0.377 e. The van der Waals surface area contributed by atoms with Crippen LogP contribution in [0.1, 0.15) is 45.4 Å². The molecule has 0 spiro atoms. The standard InChI is InChI=1S/C14H28N2O/c1-12-11-16(8-5-9-17-12)14-7-4-2-3-6-13(14)10-15/h12-14H,2-11,15H2,1H3. The molecule has 2 aliphatic rings. The van der Waals surface area contributed by atoms with Crippen LogP contribution in [0.25, 0.3) is 0 Å². The molecule has 2 N–H and O–H groups in total. The summed E-state index contributed by atoms with van der Waals surface area (Å²) in [5.41, 5.74) is 5.99. The van der Waals surface area contributed by atoms with Crippen molar-refractivity contribution < 1.29 is 4.74 Å². The zero-order valence-corrected chi connectivity index (χ0v) is 11.2. The predicted molar refractivity (Wildman–Crippen MR) is 71.0 cm³/mol. The van der Waals surface area contributed by atoms with Crippen molar-refractivity contribution in [1.82, 2.24) is 4.90 Å². The molecular formula is C14H28N2O. The molecule has 3 atom stereocenters. The molecule has 1 aliphatic heterocycles. The summed E-state index contributed by atoms with van der Waals surface area (Å²) in [6.45, 7) is 6.28. The molecule has 3 unspecified atom stereocenters. The summed E-state index contributed by atoms with van der Waals surface area (Å²) in [7, 11) is 0. The largest absolute Gasteiger partial charge is 0.377 e. The monoisotopic (exact) mass is 240 g/mol. The van der Waals surface area contributed by atoms with Gasteiger partial charge in [0.2, 0.25) is 0 Å². The van der Waals surface area contributed by atoms with Gasteiger partial charge in [-0.3, -0.25) is 4.90 Å². The van der Waals surface area contributed by atoms with Gasteiger partial charge in [-0.05, 0) is 38.6 Å². The van der Waals surface area contributed by atoms with E-state index in [9.17, 15) is 0 Å². The zero-order chi connectivity index (χ0) is 12.1. The van der Waals surface area contributed by atoms with E-state index in [1.165, 1.54) is 45.1 Å². The van der Waals surface area contributed by atoms with Gasteiger partial charge in [-0.2, -0.15) is 0 Å². The molecule has 2 fully saturated rings. The van der Waals surface area contributed by atoms with Crippen LogP contribution in [0, 0.1) is 5.92 Å². The molecule has 0 radical (unpaired) electrons. The van der Waals surface area contributed by atoms with Crippen LogP contribution in [0.15, 0.2) is 0 Å². The topological polar surface area (TPSA) is 38.5 Å². The minimum atomic E-state index is 0.388. The van der Waals surface area contributed by atoms with Crippen molar-refractivity contribution >= 4 is 0 Å². The van der Waals surface area contributed by atoms with Crippen molar-refractivity contribution in [3.05, 3.63) is 0 Å². The maximum absolute atomic E-state index is 5.99. The van der Waals surface area contributed by atoms with E-state index < -0.39 is 0 Å². The molecule has 1 saturated carbocycles. The number of nitrogens with zero attached hydrogens (tertiary/aromatic N) is 1. The van der Waals surface area contributed by atoms with Crippen LogP contribution in [0.3, 0.4) is 0 Å². The summed E-state index contributed by atoms with van der Waals surface area (Å²) in [6.07, 6.45) is 8.39. The first kappa shape index (κ1) is 13.3. The molecule has 0 bridgehead atoms. The van der Waals surface area contributed by atoms with Gasteiger partial charge < -0.3 is 10.5 Å². The highest BCUT2D eigenvalue weighted by Gasteiger charge is 2.29. The molecule has 0 aromatic heterocycles. The third-order valence-corrected chi connectivity index (χ3v) is 4.37. The second-order valence-corrected chi connectivity index (χ2v) is 5.73. The lowest BCUT2D eigenvalue weighted by molar-refractivity contribution is 0.0522. The normalized spacial score (nSPS) is 37.4. The number of nitrogens with two attached hydrogens (primary N) is 1. The zero-order valence-electron chi connectivity index (χ0n) is 11.2. The van der Waals surface area contributed by atoms with Gasteiger partial charge in [0.25, 0.3) is 0 Å². The van der Waals surface area contributed by atoms with Crippen LogP contribution in [-0.4, -0.2) is 43.3 Å². The Labute approximate surface area is 106 Å². The van der Waals surface area contributed by atoms with E-state index in [-0.39, 0.29) is 0 Å². The van der Waals surface area contributed by atoms with Gasteiger partial charge in [0.15, 0.2) is 0 Å². The SMILES string of the molecule is CC1CN(C2CCCCCC2CN)CCCO1. The molecule has 100 valence electrons. The van der Waals surface area contributed by atoms with Crippen LogP contribution < -0.4 is 5.73 Å². The lowest BCUT2D eigenvalue weighted by Gasteiger charge is -2.35. The van der Waals surface area contributed by atoms with Crippen molar-refractivity contribution in [3.63, 3.8) is 0 Å². The second kappa shape index (κ2) is 6.72. The van der Waals surface area contributed by atoms with Gasteiger partial charge in [0, 0.05) is 25.7 Å². The minimum absolute atomic E-state index is 0.388. The molecule has 1 aliphatic carbocycles. The third kappa shape index (κ3) is 3.67. The number of ether oxygens (including phenoxy) is 1. The highest BCUT2D eigenvalue weighted by Crippen LogP contribution is 2.28. The molecule has 2 rings (SSSR count).